The Morgan fingerprint density at radius 2 is 2.21 bits per heavy atom. The third-order valence-corrected chi connectivity index (χ3v) is 3.31. The van der Waals surface area contributed by atoms with Crippen LogP contribution < -0.4 is 10.1 Å². The highest BCUT2D eigenvalue weighted by molar-refractivity contribution is 7.15. The molecule has 100 valence electrons. The number of rotatable bonds is 5. The lowest BCUT2D eigenvalue weighted by Gasteiger charge is -2.09. The Morgan fingerprint density at radius 1 is 1.47 bits per heavy atom. The number of hydrogen-bond acceptors (Lipinski definition) is 5. The van der Waals surface area contributed by atoms with Crippen molar-refractivity contribution in [3.05, 3.63) is 34.8 Å². The van der Waals surface area contributed by atoms with Gasteiger partial charge in [-0.15, -0.1) is 11.3 Å². The van der Waals surface area contributed by atoms with Gasteiger partial charge in [-0.3, -0.25) is 0 Å². The molecular formula is C13H14N2O3S. The first-order valence-corrected chi connectivity index (χ1v) is 6.63. The number of carboxylic acids is 1. The Balaban J connectivity index is 2.26. The molecule has 1 heterocycles. The highest BCUT2D eigenvalue weighted by Crippen LogP contribution is 2.30. The first kappa shape index (κ1) is 13.4. The van der Waals surface area contributed by atoms with Gasteiger partial charge in [0.25, 0.3) is 0 Å². The predicted molar refractivity (Wildman–Crippen MR) is 74.7 cm³/mol. The highest BCUT2D eigenvalue weighted by atomic mass is 32.1. The molecular weight excluding hydrogens is 264 g/mol. The Morgan fingerprint density at radius 3 is 2.84 bits per heavy atom. The highest BCUT2D eigenvalue weighted by Gasteiger charge is 2.14. The van der Waals surface area contributed by atoms with Crippen LogP contribution in [-0.2, 0) is 0 Å². The van der Waals surface area contributed by atoms with Crippen LogP contribution in [0.5, 0.6) is 5.75 Å². The van der Waals surface area contributed by atoms with Crippen LogP contribution in [0.15, 0.2) is 24.3 Å². The molecule has 0 aliphatic carbocycles. The number of ether oxygens (including phenoxy) is 1. The summed E-state index contributed by atoms with van der Waals surface area (Å²) < 4.78 is 5.49. The fourth-order valence-corrected chi connectivity index (χ4v) is 2.43. The van der Waals surface area contributed by atoms with Crippen molar-refractivity contribution in [1.82, 2.24) is 4.98 Å². The van der Waals surface area contributed by atoms with E-state index in [0.717, 1.165) is 11.4 Å². The van der Waals surface area contributed by atoms with E-state index in [1.165, 1.54) is 11.3 Å². The molecule has 0 unspecified atom stereocenters. The summed E-state index contributed by atoms with van der Waals surface area (Å²) in [6.07, 6.45) is 0. The number of aryl methyl sites for hydroxylation is 1. The lowest BCUT2D eigenvalue weighted by molar-refractivity contribution is 0.0690. The number of carbonyl (C=O) groups is 1. The van der Waals surface area contributed by atoms with Crippen LogP contribution >= 0.6 is 11.3 Å². The first-order valence-electron chi connectivity index (χ1n) is 5.81. The number of aromatic nitrogens is 1. The average molecular weight is 278 g/mol. The van der Waals surface area contributed by atoms with Gasteiger partial charge in [0, 0.05) is 4.88 Å². The van der Waals surface area contributed by atoms with E-state index in [1.807, 2.05) is 31.2 Å². The van der Waals surface area contributed by atoms with E-state index in [9.17, 15) is 4.79 Å². The minimum atomic E-state index is -1.01. The van der Waals surface area contributed by atoms with Crippen molar-refractivity contribution in [2.45, 2.75) is 13.8 Å². The summed E-state index contributed by atoms with van der Waals surface area (Å²) in [5.41, 5.74) is 0.858. The van der Waals surface area contributed by atoms with Gasteiger partial charge < -0.3 is 15.2 Å². The number of carboxylic acid groups (broad SMARTS) is 1. The minimum absolute atomic E-state index is 0.0846. The molecule has 0 bridgehead atoms. The summed E-state index contributed by atoms with van der Waals surface area (Å²) in [6.45, 7) is 4.21. The zero-order chi connectivity index (χ0) is 13.8. The maximum Gasteiger partial charge on any atom is 0.355 e. The third kappa shape index (κ3) is 3.03. The summed E-state index contributed by atoms with van der Waals surface area (Å²) in [7, 11) is 0. The molecule has 0 aliphatic rings. The lowest BCUT2D eigenvalue weighted by Crippen LogP contribution is -2.00. The Bertz CT molecular complexity index is 595. The van der Waals surface area contributed by atoms with Crippen molar-refractivity contribution in [3.63, 3.8) is 0 Å². The second-order valence-corrected chi connectivity index (χ2v) is 4.99. The van der Waals surface area contributed by atoms with Crippen LogP contribution in [-0.4, -0.2) is 22.7 Å². The number of hydrogen-bond donors (Lipinski definition) is 2. The minimum Gasteiger partial charge on any atom is -0.492 e. The number of anilines is 2. The smallest absolute Gasteiger partial charge is 0.355 e. The molecule has 0 saturated heterocycles. The van der Waals surface area contributed by atoms with Gasteiger partial charge in [-0.1, -0.05) is 12.1 Å². The molecule has 0 amide bonds. The van der Waals surface area contributed by atoms with Crippen LogP contribution in [0.1, 0.15) is 22.3 Å². The Labute approximate surface area is 114 Å². The number of benzene rings is 1. The SMILES string of the molecule is CCOc1ccccc1Nc1nc(C(=O)O)c(C)s1. The first-order chi connectivity index (χ1) is 9.11. The van der Waals surface area contributed by atoms with Crippen molar-refractivity contribution in [2.75, 3.05) is 11.9 Å². The molecule has 6 heteroatoms. The summed E-state index contributed by atoms with van der Waals surface area (Å²) in [5, 5.41) is 12.6. The van der Waals surface area contributed by atoms with E-state index in [1.54, 1.807) is 6.92 Å². The molecule has 0 atom stereocenters. The molecule has 1 aromatic heterocycles. The van der Waals surface area contributed by atoms with E-state index >= 15 is 0 Å². The second-order valence-electron chi connectivity index (χ2n) is 3.78. The molecule has 2 rings (SSSR count). The fraction of sp³-hybridized carbons (Fsp3) is 0.231. The number of nitrogens with one attached hydrogen (secondary N) is 1. The van der Waals surface area contributed by atoms with Crippen molar-refractivity contribution in [1.29, 1.82) is 0 Å². The predicted octanol–water partition coefficient (Wildman–Crippen LogP) is 3.29. The van der Waals surface area contributed by atoms with Crippen LogP contribution in [0.3, 0.4) is 0 Å². The summed E-state index contributed by atoms with van der Waals surface area (Å²) in [6, 6.07) is 7.47. The lowest BCUT2D eigenvalue weighted by atomic mass is 10.3. The molecule has 0 fully saturated rings. The van der Waals surface area contributed by atoms with E-state index < -0.39 is 5.97 Å². The Kier molecular flexibility index (Phi) is 4.01. The largest absolute Gasteiger partial charge is 0.492 e. The molecule has 0 radical (unpaired) electrons. The molecule has 2 N–H and O–H groups in total. The van der Waals surface area contributed by atoms with Crippen LogP contribution in [0.25, 0.3) is 0 Å². The van der Waals surface area contributed by atoms with Gasteiger partial charge in [0.15, 0.2) is 10.8 Å². The maximum absolute atomic E-state index is 10.9. The van der Waals surface area contributed by atoms with Crippen LogP contribution in [0.4, 0.5) is 10.8 Å². The fourth-order valence-electron chi connectivity index (χ4n) is 1.61. The van der Waals surface area contributed by atoms with Gasteiger partial charge in [0.1, 0.15) is 5.75 Å². The number of para-hydroxylation sites is 2. The van der Waals surface area contributed by atoms with E-state index in [-0.39, 0.29) is 5.69 Å². The van der Waals surface area contributed by atoms with Crippen molar-refractivity contribution < 1.29 is 14.6 Å². The van der Waals surface area contributed by atoms with Crippen molar-refractivity contribution in [3.8, 4) is 5.75 Å². The zero-order valence-electron chi connectivity index (χ0n) is 10.6. The Hall–Kier alpha value is -2.08. The van der Waals surface area contributed by atoms with Gasteiger partial charge in [-0.2, -0.15) is 0 Å². The number of nitrogens with zero attached hydrogens (tertiary/aromatic N) is 1. The van der Waals surface area contributed by atoms with E-state index in [4.69, 9.17) is 9.84 Å². The van der Waals surface area contributed by atoms with Gasteiger partial charge >= 0.3 is 5.97 Å². The van der Waals surface area contributed by atoms with Gasteiger partial charge in [0.2, 0.25) is 0 Å². The van der Waals surface area contributed by atoms with Gasteiger partial charge in [-0.25, -0.2) is 9.78 Å². The average Bonchev–Trinajstić information content (AvgIpc) is 2.73. The molecule has 0 aliphatic heterocycles. The quantitative estimate of drug-likeness (QED) is 0.878. The van der Waals surface area contributed by atoms with Crippen LogP contribution in [0, 0.1) is 6.92 Å². The topological polar surface area (TPSA) is 71.5 Å². The third-order valence-electron chi connectivity index (χ3n) is 2.43. The maximum atomic E-state index is 10.9. The van der Waals surface area contributed by atoms with Crippen LogP contribution in [0.2, 0.25) is 0 Å². The van der Waals surface area contributed by atoms with E-state index in [2.05, 4.69) is 10.3 Å². The molecule has 19 heavy (non-hydrogen) atoms. The molecule has 0 saturated carbocycles. The van der Waals surface area contributed by atoms with Crippen molar-refractivity contribution >= 4 is 28.1 Å². The van der Waals surface area contributed by atoms with Gasteiger partial charge in [-0.05, 0) is 26.0 Å². The summed E-state index contributed by atoms with van der Waals surface area (Å²) >= 11 is 1.31. The normalized spacial score (nSPS) is 10.2. The molecule has 0 spiro atoms. The van der Waals surface area contributed by atoms with Crippen molar-refractivity contribution in [2.24, 2.45) is 0 Å². The zero-order valence-corrected chi connectivity index (χ0v) is 11.5. The number of aromatic carboxylic acids is 1. The molecule has 2 aromatic rings. The molecule has 5 nitrogen and oxygen atoms in total. The monoisotopic (exact) mass is 278 g/mol. The summed E-state index contributed by atoms with van der Waals surface area (Å²) in [5.74, 6) is -0.297. The number of thiazole rings is 1. The second kappa shape index (κ2) is 5.71. The molecule has 1 aromatic carbocycles. The van der Waals surface area contributed by atoms with Gasteiger partial charge in [0.05, 0.1) is 12.3 Å². The van der Waals surface area contributed by atoms with E-state index in [0.29, 0.717) is 16.6 Å². The summed E-state index contributed by atoms with van der Waals surface area (Å²) in [4.78, 5) is 15.7. The standard InChI is InChI=1S/C13H14N2O3S/c1-3-18-10-7-5-4-6-9(10)14-13-15-11(12(16)17)8(2)19-13/h4-7H,3H2,1-2H3,(H,14,15)(H,16,17).